The summed E-state index contributed by atoms with van der Waals surface area (Å²) in [7, 11) is -3.49. The lowest BCUT2D eigenvalue weighted by molar-refractivity contribution is -0.122. The van der Waals surface area contributed by atoms with E-state index in [1.54, 1.807) is 24.3 Å². The summed E-state index contributed by atoms with van der Waals surface area (Å²) in [5, 5.41) is 3.54. The Balaban J connectivity index is 1.39. The molecule has 0 spiro atoms. The maximum absolute atomic E-state index is 12.7. The van der Waals surface area contributed by atoms with Gasteiger partial charge in [0.05, 0.1) is 4.90 Å². The van der Waals surface area contributed by atoms with Gasteiger partial charge in [0.15, 0.2) is 0 Å². The van der Waals surface area contributed by atoms with Crippen LogP contribution in [0.5, 0.6) is 0 Å². The Hall–Kier alpha value is -1.15. The van der Waals surface area contributed by atoms with Crippen molar-refractivity contribution in [2.24, 2.45) is 5.92 Å². The zero-order chi connectivity index (χ0) is 20.0. The van der Waals surface area contributed by atoms with E-state index < -0.39 is 10.0 Å². The standard InChI is InChI=1S/C20H30ClN3O3S/c21-18-4-6-19(7-5-18)28(26,27)24-13-8-17(9-14-24)16-20(25)22-10-15-23-11-2-1-3-12-23/h4-7,17H,1-3,8-16H2,(H,22,25). The van der Waals surface area contributed by atoms with Crippen LogP contribution in [-0.2, 0) is 14.8 Å². The summed E-state index contributed by atoms with van der Waals surface area (Å²) in [6.07, 6.45) is 5.74. The maximum Gasteiger partial charge on any atom is 0.243 e. The van der Waals surface area contributed by atoms with Crippen molar-refractivity contribution in [1.29, 1.82) is 0 Å². The Labute approximate surface area is 173 Å². The van der Waals surface area contributed by atoms with Crippen LogP contribution in [0.2, 0.25) is 5.02 Å². The Morgan fingerprint density at radius 1 is 1.04 bits per heavy atom. The smallest absolute Gasteiger partial charge is 0.243 e. The van der Waals surface area contributed by atoms with E-state index in [0.29, 0.717) is 43.9 Å². The van der Waals surface area contributed by atoms with Gasteiger partial charge in [0.25, 0.3) is 0 Å². The quantitative estimate of drug-likeness (QED) is 0.726. The summed E-state index contributed by atoms with van der Waals surface area (Å²) in [4.78, 5) is 14.9. The van der Waals surface area contributed by atoms with Crippen molar-refractivity contribution in [3.05, 3.63) is 29.3 Å². The number of amides is 1. The van der Waals surface area contributed by atoms with E-state index in [9.17, 15) is 13.2 Å². The van der Waals surface area contributed by atoms with Crippen LogP contribution in [-0.4, -0.2) is 62.8 Å². The Morgan fingerprint density at radius 2 is 1.68 bits per heavy atom. The summed E-state index contributed by atoms with van der Waals surface area (Å²) in [5.74, 6) is 0.322. The number of carbonyl (C=O) groups is 1. The maximum atomic E-state index is 12.7. The van der Waals surface area contributed by atoms with Crippen LogP contribution in [0, 0.1) is 5.92 Å². The van der Waals surface area contributed by atoms with Crippen molar-refractivity contribution in [3.63, 3.8) is 0 Å². The average molecular weight is 428 g/mol. The van der Waals surface area contributed by atoms with Gasteiger partial charge in [-0.15, -0.1) is 0 Å². The summed E-state index contributed by atoms with van der Waals surface area (Å²) in [6.45, 7) is 4.80. The van der Waals surface area contributed by atoms with Gasteiger partial charge in [-0.3, -0.25) is 4.79 Å². The topological polar surface area (TPSA) is 69.7 Å². The van der Waals surface area contributed by atoms with Crippen molar-refractivity contribution < 1.29 is 13.2 Å². The third-order valence-electron chi connectivity index (χ3n) is 5.70. The van der Waals surface area contributed by atoms with Crippen LogP contribution in [0.3, 0.4) is 0 Å². The van der Waals surface area contributed by atoms with E-state index in [0.717, 1.165) is 19.6 Å². The van der Waals surface area contributed by atoms with Gasteiger partial charge < -0.3 is 10.2 Å². The Bertz CT molecular complexity index is 740. The van der Waals surface area contributed by atoms with Crippen molar-refractivity contribution in [2.75, 3.05) is 39.3 Å². The fourth-order valence-corrected chi connectivity index (χ4v) is 5.58. The molecule has 2 saturated heterocycles. The highest BCUT2D eigenvalue weighted by Gasteiger charge is 2.30. The van der Waals surface area contributed by atoms with Gasteiger partial charge in [0.1, 0.15) is 0 Å². The first kappa shape index (κ1) is 21.6. The molecule has 0 bridgehead atoms. The SMILES string of the molecule is O=C(CC1CCN(S(=O)(=O)c2ccc(Cl)cc2)CC1)NCCN1CCCCC1. The second-order valence-corrected chi connectivity index (χ2v) is 10.1. The molecule has 1 amide bonds. The minimum atomic E-state index is -3.49. The molecule has 6 nitrogen and oxygen atoms in total. The lowest BCUT2D eigenvalue weighted by Crippen LogP contribution is -2.40. The first-order valence-electron chi connectivity index (χ1n) is 10.2. The number of nitrogens with zero attached hydrogens (tertiary/aromatic N) is 2. The molecule has 0 saturated carbocycles. The molecule has 28 heavy (non-hydrogen) atoms. The number of benzene rings is 1. The fraction of sp³-hybridized carbons (Fsp3) is 0.650. The van der Waals surface area contributed by atoms with Crippen molar-refractivity contribution in [2.45, 2.75) is 43.4 Å². The van der Waals surface area contributed by atoms with Crippen LogP contribution in [0.15, 0.2) is 29.2 Å². The molecule has 0 atom stereocenters. The molecule has 2 heterocycles. The normalized spacial score (nSPS) is 20.2. The van der Waals surface area contributed by atoms with Gasteiger partial charge >= 0.3 is 0 Å². The molecule has 0 aliphatic carbocycles. The van der Waals surface area contributed by atoms with Gasteiger partial charge in [-0.1, -0.05) is 18.0 Å². The first-order chi connectivity index (χ1) is 13.4. The molecule has 2 aliphatic rings. The van der Waals surface area contributed by atoms with Crippen LogP contribution >= 0.6 is 11.6 Å². The number of rotatable bonds is 7. The van der Waals surface area contributed by atoms with Gasteiger partial charge in [-0.05, 0) is 69.0 Å². The predicted octanol–water partition coefficient (Wildman–Crippen LogP) is 2.73. The van der Waals surface area contributed by atoms with Crippen LogP contribution in [0.1, 0.15) is 38.5 Å². The van der Waals surface area contributed by atoms with E-state index in [-0.39, 0.29) is 16.7 Å². The number of sulfonamides is 1. The first-order valence-corrected chi connectivity index (χ1v) is 12.0. The van der Waals surface area contributed by atoms with Gasteiger partial charge in [-0.25, -0.2) is 8.42 Å². The van der Waals surface area contributed by atoms with E-state index in [4.69, 9.17) is 11.6 Å². The van der Waals surface area contributed by atoms with E-state index in [1.807, 2.05) is 0 Å². The Morgan fingerprint density at radius 3 is 2.32 bits per heavy atom. The molecule has 3 rings (SSSR count). The second kappa shape index (κ2) is 10.1. The third-order valence-corrected chi connectivity index (χ3v) is 7.86. The summed E-state index contributed by atoms with van der Waals surface area (Å²) in [5.41, 5.74) is 0. The predicted molar refractivity (Wildman–Crippen MR) is 111 cm³/mol. The van der Waals surface area contributed by atoms with Crippen LogP contribution in [0.25, 0.3) is 0 Å². The number of hydrogen-bond acceptors (Lipinski definition) is 4. The van der Waals surface area contributed by atoms with Crippen molar-refractivity contribution in [1.82, 2.24) is 14.5 Å². The number of hydrogen-bond donors (Lipinski definition) is 1. The molecule has 156 valence electrons. The van der Waals surface area contributed by atoms with Crippen LogP contribution in [0.4, 0.5) is 0 Å². The molecule has 0 aromatic heterocycles. The number of halogens is 1. The number of likely N-dealkylation sites (tertiary alicyclic amines) is 1. The molecule has 1 N–H and O–H groups in total. The van der Waals surface area contributed by atoms with Gasteiger partial charge in [0.2, 0.25) is 15.9 Å². The molecule has 1 aromatic carbocycles. The highest BCUT2D eigenvalue weighted by atomic mass is 35.5. The molecule has 8 heteroatoms. The molecular formula is C20H30ClN3O3S. The molecule has 2 aliphatic heterocycles. The van der Waals surface area contributed by atoms with E-state index in [2.05, 4.69) is 10.2 Å². The van der Waals surface area contributed by atoms with Crippen molar-refractivity contribution in [3.8, 4) is 0 Å². The van der Waals surface area contributed by atoms with Gasteiger partial charge in [0, 0.05) is 37.6 Å². The fourth-order valence-electron chi connectivity index (χ4n) is 3.98. The molecule has 1 aromatic rings. The zero-order valence-corrected chi connectivity index (χ0v) is 17.8. The molecular weight excluding hydrogens is 398 g/mol. The van der Waals surface area contributed by atoms with Crippen molar-refractivity contribution >= 4 is 27.5 Å². The molecule has 0 radical (unpaired) electrons. The minimum absolute atomic E-state index is 0.0796. The lowest BCUT2D eigenvalue weighted by Gasteiger charge is -2.31. The van der Waals surface area contributed by atoms with E-state index >= 15 is 0 Å². The van der Waals surface area contributed by atoms with E-state index in [1.165, 1.54) is 23.6 Å². The zero-order valence-electron chi connectivity index (χ0n) is 16.3. The molecule has 0 unspecified atom stereocenters. The highest BCUT2D eigenvalue weighted by molar-refractivity contribution is 7.89. The summed E-state index contributed by atoms with van der Waals surface area (Å²) >= 11 is 5.85. The van der Waals surface area contributed by atoms with Gasteiger partial charge in [-0.2, -0.15) is 4.31 Å². The highest BCUT2D eigenvalue weighted by Crippen LogP contribution is 2.26. The third kappa shape index (κ3) is 5.92. The minimum Gasteiger partial charge on any atom is -0.355 e. The molecule has 2 fully saturated rings. The Kier molecular flexibility index (Phi) is 7.74. The largest absolute Gasteiger partial charge is 0.355 e. The lowest BCUT2D eigenvalue weighted by atomic mass is 9.94. The number of piperidine rings is 2. The number of carbonyl (C=O) groups excluding carboxylic acids is 1. The summed E-state index contributed by atoms with van der Waals surface area (Å²) in [6, 6.07) is 6.27. The summed E-state index contributed by atoms with van der Waals surface area (Å²) < 4.78 is 27.0. The monoisotopic (exact) mass is 427 g/mol. The number of nitrogens with one attached hydrogen (secondary N) is 1. The average Bonchev–Trinajstić information content (AvgIpc) is 2.69. The van der Waals surface area contributed by atoms with Crippen LogP contribution < -0.4 is 5.32 Å². The second-order valence-electron chi connectivity index (χ2n) is 7.76.